The Bertz CT molecular complexity index is 720. The molecular weight excluding hydrogens is 290 g/mol. The van der Waals surface area contributed by atoms with Crippen molar-refractivity contribution >= 4 is 34.0 Å². The summed E-state index contributed by atoms with van der Waals surface area (Å²) in [6.07, 6.45) is 4.35. The largest absolute Gasteiger partial charge is 0.313 e. The van der Waals surface area contributed by atoms with E-state index in [9.17, 15) is 0 Å². The third-order valence-corrected chi connectivity index (χ3v) is 4.54. The second-order valence-electron chi connectivity index (χ2n) is 4.52. The molecule has 1 unspecified atom stereocenters. The van der Waals surface area contributed by atoms with E-state index in [1.165, 1.54) is 10.4 Å². The Labute approximate surface area is 126 Å². The third kappa shape index (κ3) is 2.68. The molecule has 1 N–H and O–H groups in total. The van der Waals surface area contributed by atoms with E-state index in [1.54, 1.807) is 23.7 Å². The van der Waals surface area contributed by atoms with Crippen molar-refractivity contribution in [2.45, 2.75) is 12.5 Å². The molecule has 1 aromatic carbocycles. The number of hydrogen-bond acceptors (Lipinski definition) is 4. The Morgan fingerprint density at radius 1 is 1.20 bits per heavy atom. The minimum Gasteiger partial charge on any atom is -0.313 e. The summed E-state index contributed by atoms with van der Waals surface area (Å²) in [6, 6.07) is 10.3. The molecule has 1 atom stereocenters. The molecule has 20 heavy (non-hydrogen) atoms. The fourth-order valence-electron chi connectivity index (χ4n) is 2.33. The number of aromatic nitrogens is 2. The molecule has 0 bridgehead atoms. The highest BCUT2D eigenvalue weighted by atomic mass is 35.5. The zero-order valence-corrected chi connectivity index (χ0v) is 12.6. The van der Waals surface area contributed by atoms with Gasteiger partial charge in [-0.3, -0.25) is 9.97 Å². The molecule has 3 aromatic rings. The van der Waals surface area contributed by atoms with Crippen molar-refractivity contribution in [3.8, 4) is 0 Å². The van der Waals surface area contributed by atoms with Crippen LogP contribution in [0.1, 0.15) is 16.5 Å². The molecule has 0 aliphatic rings. The molecule has 0 saturated heterocycles. The fraction of sp³-hybridized carbons (Fsp3) is 0.200. The highest BCUT2D eigenvalue weighted by Crippen LogP contribution is 2.28. The van der Waals surface area contributed by atoms with Crippen LogP contribution >= 0.6 is 22.9 Å². The fourth-order valence-corrected chi connectivity index (χ4v) is 3.46. The van der Waals surface area contributed by atoms with Crippen molar-refractivity contribution < 1.29 is 0 Å². The number of thiophene rings is 1. The van der Waals surface area contributed by atoms with Crippen LogP contribution in [0.4, 0.5) is 0 Å². The lowest BCUT2D eigenvalue weighted by Gasteiger charge is -2.17. The lowest BCUT2D eigenvalue weighted by molar-refractivity contribution is 0.600. The van der Waals surface area contributed by atoms with Crippen LogP contribution in [0.5, 0.6) is 0 Å². The van der Waals surface area contributed by atoms with Crippen molar-refractivity contribution in [2.75, 3.05) is 7.05 Å². The van der Waals surface area contributed by atoms with Gasteiger partial charge in [0.05, 0.1) is 15.4 Å². The summed E-state index contributed by atoms with van der Waals surface area (Å²) in [5.41, 5.74) is 3.05. The first-order valence-electron chi connectivity index (χ1n) is 6.39. The Kier molecular flexibility index (Phi) is 3.96. The summed E-state index contributed by atoms with van der Waals surface area (Å²) >= 11 is 7.62. The minimum absolute atomic E-state index is 0.199. The van der Waals surface area contributed by atoms with Crippen LogP contribution in [-0.4, -0.2) is 17.0 Å². The summed E-state index contributed by atoms with van der Waals surface area (Å²) in [6.45, 7) is 0. The van der Waals surface area contributed by atoms with Gasteiger partial charge in [-0.1, -0.05) is 23.7 Å². The van der Waals surface area contributed by atoms with Crippen molar-refractivity contribution in [1.29, 1.82) is 0 Å². The highest BCUT2D eigenvalue weighted by molar-refractivity contribution is 7.16. The number of fused-ring (bicyclic) bond motifs is 1. The van der Waals surface area contributed by atoms with Gasteiger partial charge in [0.25, 0.3) is 0 Å². The number of nitrogens with zero attached hydrogens (tertiary/aromatic N) is 2. The SMILES string of the molecule is CNC(Cc1ccc(Cl)s1)c1cccc2nccnc12. The van der Waals surface area contributed by atoms with Gasteiger partial charge in [0.15, 0.2) is 0 Å². The quantitative estimate of drug-likeness (QED) is 0.795. The number of benzene rings is 1. The van der Waals surface area contributed by atoms with Crippen LogP contribution in [0.25, 0.3) is 11.0 Å². The van der Waals surface area contributed by atoms with Crippen LogP contribution in [0.3, 0.4) is 0 Å². The van der Waals surface area contributed by atoms with E-state index < -0.39 is 0 Å². The van der Waals surface area contributed by atoms with Gasteiger partial charge in [-0.25, -0.2) is 0 Å². The maximum absolute atomic E-state index is 6.00. The third-order valence-electron chi connectivity index (χ3n) is 3.29. The molecule has 2 aromatic heterocycles. The average molecular weight is 304 g/mol. The topological polar surface area (TPSA) is 37.8 Å². The van der Waals surface area contributed by atoms with Gasteiger partial charge in [-0.15, -0.1) is 11.3 Å². The predicted octanol–water partition coefficient (Wildman–Crippen LogP) is 3.85. The van der Waals surface area contributed by atoms with E-state index >= 15 is 0 Å². The Morgan fingerprint density at radius 2 is 2.05 bits per heavy atom. The van der Waals surface area contributed by atoms with Gasteiger partial charge in [0.2, 0.25) is 0 Å². The summed E-state index contributed by atoms with van der Waals surface area (Å²) in [5.74, 6) is 0. The first-order valence-corrected chi connectivity index (χ1v) is 7.58. The molecule has 0 saturated carbocycles. The average Bonchev–Trinajstić information content (AvgIpc) is 2.89. The smallest absolute Gasteiger partial charge is 0.0934 e. The van der Waals surface area contributed by atoms with Crippen LogP contribution in [-0.2, 0) is 6.42 Å². The number of nitrogens with one attached hydrogen (secondary N) is 1. The Balaban J connectivity index is 1.98. The van der Waals surface area contributed by atoms with Crippen LogP contribution < -0.4 is 5.32 Å². The van der Waals surface area contributed by atoms with Gasteiger partial charge >= 0.3 is 0 Å². The van der Waals surface area contributed by atoms with E-state index in [0.717, 1.165) is 21.8 Å². The minimum atomic E-state index is 0.199. The molecule has 0 radical (unpaired) electrons. The summed E-state index contributed by atoms with van der Waals surface area (Å²) < 4.78 is 0.826. The summed E-state index contributed by atoms with van der Waals surface area (Å²) in [4.78, 5) is 10.1. The Hall–Kier alpha value is -1.49. The normalized spacial score (nSPS) is 12.7. The first kappa shape index (κ1) is 13.5. The van der Waals surface area contributed by atoms with Gasteiger partial charge < -0.3 is 5.32 Å². The molecule has 3 nitrogen and oxygen atoms in total. The number of rotatable bonds is 4. The zero-order valence-electron chi connectivity index (χ0n) is 11.0. The van der Waals surface area contributed by atoms with Gasteiger partial charge in [0.1, 0.15) is 0 Å². The zero-order chi connectivity index (χ0) is 13.9. The maximum Gasteiger partial charge on any atom is 0.0934 e. The van der Waals surface area contributed by atoms with Crippen molar-refractivity contribution in [3.63, 3.8) is 0 Å². The molecular formula is C15H14ClN3S. The highest BCUT2D eigenvalue weighted by Gasteiger charge is 2.15. The van der Waals surface area contributed by atoms with E-state index in [2.05, 4.69) is 27.4 Å². The predicted molar refractivity (Wildman–Crippen MR) is 84.4 cm³/mol. The lowest BCUT2D eigenvalue weighted by Crippen LogP contribution is -2.19. The molecule has 0 amide bonds. The second kappa shape index (κ2) is 5.87. The first-order chi connectivity index (χ1) is 9.78. The van der Waals surface area contributed by atoms with E-state index in [-0.39, 0.29) is 6.04 Å². The van der Waals surface area contributed by atoms with Crippen LogP contribution in [0.15, 0.2) is 42.7 Å². The molecule has 0 aliphatic heterocycles. The lowest BCUT2D eigenvalue weighted by atomic mass is 10.0. The van der Waals surface area contributed by atoms with E-state index in [4.69, 9.17) is 11.6 Å². The monoisotopic (exact) mass is 303 g/mol. The van der Waals surface area contributed by atoms with Gasteiger partial charge in [-0.2, -0.15) is 0 Å². The van der Waals surface area contributed by atoms with E-state index in [0.29, 0.717) is 0 Å². The molecule has 5 heteroatoms. The Morgan fingerprint density at radius 3 is 2.80 bits per heavy atom. The molecule has 2 heterocycles. The van der Waals surface area contributed by atoms with Crippen molar-refractivity contribution in [2.24, 2.45) is 0 Å². The molecule has 0 fully saturated rings. The molecule has 0 spiro atoms. The van der Waals surface area contributed by atoms with Crippen molar-refractivity contribution in [1.82, 2.24) is 15.3 Å². The standard InChI is InChI=1S/C15H14ClN3S/c1-17-13(9-10-5-6-14(16)20-10)11-3-2-4-12-15(11)19-8-7-18-12/h2-8,13,17H,9H2,1H3. The summed E-state index contributed by atoms with van der Waals surface area (Å²) in [7, 11) is 1.97. The number of para-hydroxylation sites is 1. The molecule has 3 rings (SSSR count). The van der Waals surface area contributed by atoms with Gasteiger partial charge in [0, 0.05) is 29.7 Å². The van der Waals surface area contributed by atoms with Crippen LogP contribution in [0, 0.1) is 0 Å². The second-order valence-corrected chi connectivity index (χ2v) is 6.32. The maximum atomic E-state index is 6.00. The van der Waals surface area contributed by atoms with Gasteiger partial charge in [-0.05, 0) is 30.8 Å². The number of hydrogen-bond donors (Lipinski definition) is 1. The molecule has 102 valence electrons. The van der Waals surface area contributed by atoms with Crippen LogP contribution in [0.2, 0.25) is 4.34 Å². The summed E-state index contributed by atoms with van der Waals surface area (Å²) in [5, 5.41) is 3.36. The van der Waals surface area contributed by atoms with Crippen molar-refractivity contribution in [3.05, 3.63) is 57.5 Å². The molecule has 0 aliphatic carbocycles. The van der Waals surface area contributed by atoms with E-state index in [1.807, 2.05) is 25.2 Å². The number of likely N-dealkylation sites (N-methyl/N-ethyl adjacent to an activating group) is 1. The number of halogens is 1.